The van der Waals surface area contributed by atoms with Crippen LogP contribution in [0, 0.1) is 0 Å². The molecule has 1 atom stereocenters. The summed E-state index contributed by atoms with van der Waals surface area (Å²) in [7, 11) is 0. The van der Waals surface area contributed by atoms with Crippen LogP contribution in [0.15, 0.2) is 42.5 Å². The fourth-order valence-corrected chi connectivity index (χ4v) is 3.79. The van der Waals surface area contributed by atoms with E-state index in [1.807, 2.05) is 18.2 Å². The first-order valence-electron chi connectivity index (χ1n) is 9.23. The Kier molecular flexibility index (Phi) is 4.80. The molecular formula is C21H24N2O3. The van der Waals surface area contributed by atoms with Crippen molar-refractivity contribution < 1.29 is 14.3 Å². The number of hydrogen-bond acceptors (Lipinski definition) is 4. The van der Waals surface area contributed by atoms with Crippen molar-refractivity contribution >= 4 is 5.91 Å². The van der Waals surface area contributed by atoms with Crippen LogP contribution in [-0.2, 0) is 6.54 Å². The molecule has 2 aromatic carbocycles. The molecule has 5 nitrogen and oxygen atoms in total. The smallest absolute Gasteiger partial charge is 0.248 e. The molecule has 5 heteroatoms. The summed E-state index contributed by atoms with van der Waals surface area (Å²) in [6.07, 6.45) is 3.23. The summed E-state index contributed by atoms with van der Waals surface area (Å²) in [5, 5.41) is 0. The van der Waals surface area contributed by atoms with Gasteiger partial charge in [-0.15, -0.1) is 0 Å². The molecule has 26 heavy (non-hydrogen) atoms. The minimum atomic E-state index is -0.386. The lowest BCUT2D eigenvalue weighted by Crippen LogP contribution is -2.23. The number of fused-ring (bicyclic) bond motifs is 1. The minimum Gasteiger partial charge on any atom is -0.490 e. The number of amides is 1. The van der Waals surface area contributed by atoms with Crippen molar-refractivity contribution in [2.75, 3.05) is 19.8 Å². The predicted octanol–water partition coefficient (Wildman–Crippen LogP) is 3.28. The van der Waals surface area contributed by atoms with E-state index in [4.69, 9.17) is 15.2 Å². The lowest BCUT2D eigenvalue weighted by Gasteiger charge is -2.25. The Hall–Kier alpha value is -2.53. The van der Waals surface area contributed by atoms with Gasteiger partial charge in [-0.1, -0.05) is 18.2 Å². The number of likely N-dealkylation sites (tertiary alicyclic amines) is 1. The number of nitrogens with two attached hydrogens (primary N) is 1. The van der Waals surface area contributed by atoms with Gasteiger partial charge >= 0.3 is 0 Å². The maximum Gasteiger partial charge on any atom is 0.248 e. The number of nitrogens with zero attached hydrogens (tertiary/aromatic N) is 1. The maximum atomic E-state index is 11.2. The topological polar surface area (TPSA) is 64.8 Å². The Balaban J connectivity index is 1.51. The van der Waals surface area contributed by atoms with Crippen LogP contribution >= 0.6 is 0 Å². The third kappa shape index (κ3) is 3.53. The fraction of sp³-hybridized carbons (Fsp3) is 0.381. The summed E-state index contributed by atoms with van der Waals surface area (Å²) in [5.41, 5.74) is 8.34. The van der Waals surface area contributed by atoms with E-state index in [0.29, 0.717) is 24.8 Å². The summed E-state index contributed by atoms with van der Waals surface area (Å²) >= 11 is 0. The molecule has 0 aliphatic carbocycles. The van der Waals surface area contributed by atoms with Crippen molar-refractivity contribution in [2.24, 2.45) is 5.73 Å². The number of carbonyl (C=O) groups excluding carboxylic acids is 1. The Morgan fingerprint density at radius 3 is 2.58 bits per heavy atom. The fourth-order valence-electron chi connectivity index (χ4n) is 3.79. The number of rotatable bonds is 4. The van der Waals surface area contributed by atoms with E-state index in [0.717, 1.165) is 37.4 Å². The summed E-state index contributed by atoms with van der Waals surface area (Å²) in [5.74, 6) is 1.32. The standard InChI is InChI=1S/C21H24N2O3/c22-21(24)16-6-4-15(5-7-16)14-23-10-1-3-18(23)17-8-9-19-20(13-17)26-12-2-11-25-19/h4-9,13,18H,1-3,10-12,14H2,(H2,22,24). The summed E-state index contributed by atoms with van der Waals surface area (Å²) in [6, 6.07) is 14.3. The monoisotopic (exact) mass is 352 g/mol. The molecule has 2 aliphatic rings. The van der Waals surface area contributed by atoms with Gasteiger partial charge in [0.05, 0.1) is 13.2 Å². The number of carbonyl (C=O) groups is 1. The van der Waals surface area contributed by atoms with Crippen molar-refractivity contribution in [1.29, 1.82) is 0 Å². The molecule has 0 bridgehead atoms. The SMILES string of the molecule is NC(=O)c1ccc(CN2CCCC2c2ccc3c(c2)OCCCO3)cc1. The molecule has 1 amide bonds. The van der Waals surface area contributed by atoms with Crippen LogP contribution < -0.4 is 15.2 Å². The van der Waals surface area contributed by atoms with Crippen LogP contribution in [0.25, 0.3) is 0 Å². The van der Waals surface area contributed by atoms with E-state index in [9.17, 15) is 4.79 Å². The van der Waals surface area contributed by atoms with E-state index < -0.39 is 0 Å². The van der Waals surface area contributed by atoms with Gasteiger partial charge < -0.3 is 15.2 Å². The van der Waals surface area contributed by atoms with Crippen LogP contribution in [0.3, 0.4) is 0 Å². The number of hydrogen-bond donors (Lipinski definition) is 1. The van der Waals surface area contributed by atoms with Gasteiger partial charge in [0.25, 0.3) is 0 Å². The van der Waals surface area contributed by atoms with Crippen molar-refractivity contribution in [3.63, 3.8) is 0 Å². The van der Waals surface area contributed by atoms with Gasteiger partial charge in [0.15, 0.2) is 11.5 Å². The summed E-state index contributed by atoms with van der Waals surface area (Å²) < 4.78 is 11.6. The highest BCUT2D eigenvalue weighted by atomic mass is 16.5. The van der Waals surface area contributed by atoms with Gasteiger partial charge in [0.1, 0.15) is 0 Å². The highest BCUT2D eigenvalue weighted by molar-refractivity contribution is 5.92. The summed E-state index contributed by atoms with van der Waals surface area (Å²) in [4.78, 5) is 13.7. The minimum absolute atomic E-state index is 0.378. The van der Waals surface area contributed by atoms with Gasteiger partial charge in [-0.3, -0.25) is 9.69 Å². The Bertz CT molecular complexity index is 788. The summed E-state index contributed by atoms with van der Waals surface area (Å²) in [6.45, 7) is 3.34. The average Bonchev–Trinajstić information content (AvgIpc) is 2.97. The van der Waals surface area contributed by atoms with E-state index in [1.54, 1.807) is 12.1 Å². The molecule has 0 aromatic heterocycles. The zero-order chi connectivity index (χ0) is 17.9. The zero-order valence-electron chi connectivity index (χ0n) is 14.8. The largest absolute Gasteiger partial charge is 0.490 e. The molecule has 0 radical (unpaired) electrons. The molecule has 2 heterocycles. The zero-order valence-corrected chi connectivity index (χ0v) is 14.8. The molecule has 2 aromatic rings. The first-order valence-corrected chi connectivity index (χ1v) is 9.23. The van der Waals surface area contributed by atoms with Crippen LogP contribution in [0.5, 0.6) is 11.5 Å². The number of ether oxygens (including phenoxy) is 2. The van der Waals surface area contributed by atoms with Gasteiger partial charge in [0.2, 0.25) is 5.91 Å². The molecule has 136 valence electrons. The van der Waals surface area contributed by atoms with E-state index in [2.05, 4.69) is 17.0 Å². The second kappa shape index (κ2) is 7.38. The molecule has 0 saturated carbocycles. The number of benzene rings is 2. The first kappa shape index (κ1) is 16.9. The Morgan fingerprint density at radius 1 is 1.04 bits per heavy atom. The molecule has 1 saturated heterocycles. The van der Waals surface area contributed by atoms with E-state index >= 15 is 0 Å². The van der Waals surface area contributed by atoms with E-state index in [-0.39, 0.29) is 5.91 Å². The molecule has 1 unspecified atom stereocenters. The second-order valence-corrected chi connectivity index (χ2v) is 6.95. The highest BCUT2D eigenvalue weighted by Crippen LogP contribution is 2.38. The van der Waals surface area contributed by atoms with Crippen molar-refractivity contribution in [1.82, 2.24) is 4.90 Å². The van der Waals surface area contributed by atoms with Gasteiger partial charge in [0, 0.05) is 24.6 Å². The first-order chi connectivity index (χ1) is 12.7. The van der Waals surface area contributed by atoms with Gasteiger partial charge in [-0.2, -0.15) is 0 Å². The third-order valence-electron chi connectivity index (χ3n) is 5.14. The maximum absolute atomic E-state index is 11.2. The van der Waals surface area contributed by atoms with Gasteiger partial charge in [-0.05, 0) is 54.8 Å². The molecule has 2 aliphatic heterocycles. The highest BCUT2D eigenvalue weighted by Gasteiger charge is 2.27. The van der Waals surface area contributed by atoms with E-state index in [1.165, 1.54) is 17.5 Å². The van der Waals surface area contributed by atoms with Crippen molar-refractivity contribution in [3.8, 4) is 11.5 Å². The van der Waals surface area contributed by atoms with Crippen LogP contribution in [-0.4, -0.2) is 30.6 Å². The molecule has 1 fully saturated rings. The lowest BCUT2D eigenvalue weighted by atomic mass is 10.0. The molecule has 0 spiro atoms. The average molecular weight is 352 g/mol. The van der Waals surface area contributed by atoms with Crippen molar-refractivity contribution in [3.05, 3.63) is 59.2 Å². The lowest BCUT2D eigenvalue weighted by molar-refractivity contribution is 0.1000. The van der Waals surface area contributed by atoms with Crippen LogP contribution in [0.4, 0.5) is 0 Å². The quantitative estimate of drug-likeness (QED) is 0.917. The Morgan fingerprint density at radius 2 is 1.81 bits per heavy atom. The van der Waals surface area contributed by atoms with Gasteiger partial charge in [-0.25, -0.2) is 0 Å². The number of primary amides is 1. The van der Waals surface area contributed by atoms with Crippen molar-refractivity contribution in [2.45, 2.75) is 31.8 Å². The normalized spacial score (nSPS) is 19.9. The second-order valence-electron chi connectivity index (χ2n) is 6.95. The third-order valence-corrected chi connectivity index (χ3v) is 5.14. The molecule has 4 rings (SSSR count). The Labute approximate surface area is 153 Å². The predicted molar refractivity (Wildman–Crippen MR) is 99.4 cm³/mol. The van der Waals surface area contributed by atoms with Crippen LogP contribution in [0.2, 0.25) is 0 Å². The van der Waals surface area contributed by atoms with Crippen LogP contribution in [0.1, 0.15) is 46.8 Å². The molecular weight excluding hydrogens is 328 g/mol. The molecule has 2 N–H and O–H groups in total.